The highest BCUT2D eigenvalue weighted by molar-refractivity contribution is 7.99. The van der Waals surface area contributed by atoms with E-state index in [1.807, 2.05) is 11.8 Å². The van der Waals surface area contributed by atoms with Gasteiger partial charge in [0.1, 0.15) is 11.9 Å². The summed E-state index contributed by atoms with van der Waals surface area (Å²) in [4.78, 5) is 2.46. The SMILES string of the molecule is CCSCCN1C[C@H]2C[C@@H](Oc3ccc(F)cc3F)[C@H](O)C[C@H]2C1. The molecule has 0 unspecified atom stereocenters. The van der Waals surface area contributed by atoms with Crippen molar-refractivity contribution in [2.24, 2.45) is 11.8 Å². The Hall–Kier alpha value is -0.850. The molecule has 3 nitrogen and oxygen atoms in total. The predicted octanol–water partition coefficient (Wildman–Crippen LogP) is 3.17. The van der Waals surface area contributed by atoms with Crippen molar-refractivity contribution in [1.29, 1.82) is 0 Å². The molecule has 0 aromatic heterocycles. The highest BCUT2D eigenvalue weighted by Gasteiger charge is 2.42. The number of hydrogen-bond acceptors (Lipinski definition) is 4. The topological polar surface area (TPSA) is 32.7 Å². The molecule has 0 spiro atoms. The quantitative estimate of drug-likeness (QED) is 0.793. The summed E-state index contributed by atoms with van der Waals surface area (Å²) in [5.74, 6) is 1.93. The number of rotatable bonds is 6. The zero-order valence-electron chi connectivity index (χ0n) is 14.0. The van der Waals surface area contributed by atoms with Gasteiger partial charge in [-0.3, -0.25) is 0 Å². The summed E-state index contributed by atoms with van der Waals surface area (Å²) in [7, 11) is 0. The first-order valence-electron chi connectivity index (χ1n) is 8.66. The maximum atomic E-state index is 13.8. The Morgan fingerprint density at radius 2 is 2.00 bits per heavy atom. The van der Waals surface area contributed by atoms with Gasteiger partial charge in [0.05, 0.1) is 6.10 Å². The summed E-state index contributed by atoms with van der Waals surface area (Å²) < 4.78 is 32.5. The van der Waals surface area contributed by atoms with Crippen molar-refractivity contribution in [2.75, 3.05) is 31.1 Å². The van der Waals surface area contributed by atoms with Gasteiger partial charge in [0, 0.05) is 31.5 Å². The monoisotopic (exact) mass is 357 g/mol. The summed E-state index contributed by atoms with van der Waals surface area (Å²) >= 11 is 1.95. The third-order valence-corrected chi connectivity index (χ3v) is 5.97. The van der Waals surface area contributed by atoms with E-state index >= 15 is 0 Å². The summed E-state index contributed by atoms with van der Waals surface area (Å²) in [5.41, 5.74) is 0. The Bertz CT molecular complexity index is 560. The zero-order valence-corrected chi connectivity index (χ0v) is 14.8. The van der Waals surface area contributed by atoms with Crippen LogP contribution in [-0.2, 0) is 0 Å². The lowest BCUT2D eigenvalue weighted by atomic mass is 9.78. The summed E-state index contributed by atoms with van der Waals surface area (Å²) in [6, 6.07) is 3.29. The molecule has 2 fully saturated rings. The maximum Gasteiger partial charge on any atom is 0.167 e. The Morgan fingerprint density at radius 3 is 2.71 bits per heavy atom. The molecule has 1 N–H and O–H groups in total. The number of benzene rings is 1. The lowest BCUT2D eigenvalue weighted by Gasteiger charge is -2.35. The van der Waals surface area contributed by atoms with Crippen LogP contribution in [-0.4, -0.2) is 53.4 Å². The lowest BCUT2D eigenvalue weighted by Crippen LogP contribution is -2.42. The summed E-state index contributed by atoms with van der Waals surface area (Å²) in [5, 5.41) is 10.4. The predicted molar refractivity (Wildman–Crippen MR) is 92.4 cm³/mol. The smallest absolute Gasteiger partial charge is 0.167 e. The molecule has 6 heteroatoms. The van der Waals surface area contributed by atoms with Gasteiger partial charge in [0.25, 0.3) is 0 Å². The van der Waals surface area contributed by atoms with E-state index in [0.29, 0.717) is 18.3 Å². The van der Waals surface area contributed by atoms with Crippen LogP contribution in [0.1, 0.15) is 19.8 Å². The normalized spacial score (nSPS) is 30.3. The van der Waals surface area contributed by atoms with Gasteiger partial charge in [-0.1, -0.05) is 6.92 Å². The second-order valence-electron chi connectivity index (χ2n) is 6.75. The number of hydrogen-bond donors (Lipinski definition) is 1. The molecule has 1 aliphatic carbocycles. The lowest BCUT2D eigenvalue weighted by molar-refractivity contribution is -0.0246. The van der Waals surface area contributed by atoms with Gasteiger partial charge in [-0.2, -0.15) is 11.8 Å². The number of nitrogens with zero attached hydrogens (tertiary/aromatic N) is 1. The molecular formula is C18H25F2NO2S. The fourth-order valence-corrected chi connectivity index (χ4v) is 4.54. The summed E-state index contributed by atoms with van der Waals surface area (Å²) in [6.45, 7) is 5.30. The van der Waals surface area contributed by atoms with Crippen LogP contribution >= 0.6 is 11.8 Å². The molecular weight excluding hydrogens is 332 g/mol. The summed E-state index contributed by atoms with van der Waals surface area (Å²) in [6.07, 6.45) is 0.396. The fourth-order valence-electron chi connectivity index (χ4n) is 3.87. The molecule has 134 valence electrons. The first-order valence-corrected chi connectivity index (χ1v) is 9.82. The van der Waals surface area contributed by atoms with E-state index in [9.17, 15) is 13.9 Å². The van der Waals surface area contributed by atoms with Gasteiger partial charge >= 0.3 is 0 Å². The molecule has 0 bridgehead atoms. The molecule has 1 aliphatic heterocycles. The van der Waals surface area contributed by atoms with Crippen molar-refractivity contribution in [3.63, 3.8) is 0 Å². The van der Waals surface area contributed by atoms with Gasteiger partial charge in [0.15, 0.2) is 11.6 Å². The Labute approximate surface area is 146 Å². The number of aliphatic hydroxyl groups excluding tert-OH is 1. The van der Waals surface area contributed by atoms with Crippen LogP contribution in [0.15, 0.2) is 18.2 Å². The van der Waals surface area contributed by atoms with E-state index in [2.05, 4.69) is 11.8 Å². The van der Waals surface area contributed by atoms with E-state index in [-0.39, 0.29) is 5.75 Å². The van der Waals surface area contributed by atoms with Crippen LogP contribution in [0.4, 0.5) is 8.78 Å². The molecule has 1 saturated heterocycles. The van der Waals surface area contributed by atoms with E-state index < -0.39 is 23.8 Å². The highest BCUT2D eigenvalue weighted by Crippen LogP contribution is 2.38. The van der Waals surface area contributed by atoms with Crippen molar-refractivity contribution in [1.82, 2.24) is 4.90 Å². The first kappa shape index (κ1) is 18.0. The minimum atomic E-state index is -0.714. The van der Waals surface area contributed by atoms with Crippen molar-refractivity contribution in [3.8, 4) is 5.75 Å². The number of ether oxygens (including phenoxy) is 1. The van der Waals surface area contributed by atoms with Crippen LogP contribution in [0.3, 0.4) is 0 Å². The minimum absolute atomic E-state index is 0.0214. The third-order valence-electron chi connectivity index (χ3n) is 5.09. The molecule has 3 rings (SSSR count). The van der Waals surface area contributed by atoms with Gasteiger partial charge in [-0.05, 0) is 42.6 Å². The minimum Gasteiger partial charge on any atom is -0.485 e. The van der Waals surface area contributed by atoms with Gasteiger partial charge in [-0.25, -0.2) is 8.78 Å². The van der Waals surface area contributed by atoms with Gasteiger partial charge in [0.2, 0.25) is 0 Å². The Morgan fingerprint density at radius 1 is 1.25 bits per heavy atom. The number of fused-ring (bicyclic) bond motifs is 1. The number of aliphatic hydroxyl groups is 1. The molecule has 0 amide bonds. The molecule has 1 aromatic carbocycles. The largest absolute Gasteiger partial charge is 0.485 e. The van der Waals surface area contributed by atoms with E-state index in [0.717, 1.165) is 43.6 Å². The highest BCUT2D eigenvalue weighted by atomic mass is 32.2. The van der Waals surface area contributed by atoms with Crippen molar-refractivity contribution in [2.45, 2.75) is 32.0 Å². The average Bonchev–Trinajstić information content (AvgIpc) is 2.92. The van der Waals surface area contributed by atoms with E-state index in [1.165, 1.54) is 12.1 Å². The van der Waals surface area contributed by atoms with Gasteiger partial charge < -0.3 is 14.7 Å². The molecule has 1 aromatic rings. The van der Waals surface area contributed by atoms with Gasteiger partial charge in [-0.15, -0.1) is 0 Å². The second-order valence-corrected chi connectivity index (χ2v) is 8.14. The van der Waals surface area contributed by atoms with E-state index in [1.54, 1.807) is 0 Å². The van der Waals surface area contributed by atoms with Crippen LogP contribution in [0.2, 0.25) is 0 Å². The van der Waals surface area contributed by atoms with Crippen LogP contribution < -0.4 is 4.74 Å². The van der Waals surface area contributed by atoms with Crippen molar-refractivity contribution >= 4 is 11.8 Å². The Kier molecular flexibility index (Phi) is 6.00. The molecule has 1 heterocycles. The van der Waals surface area contributed by atoms with Crippen molar-refractivity contribution < 1.29 is 18.6 Å². The maximum absolute atomic E-state index is 13.8. The third kappa shape index (κ3) is 4.21. The van der Waals surface area contributed by atoms with Crippen LogP contribution in [0.5, 0.6) is 5.75 Å². The van der Waals surface area contributed by atoms with Crippen molar-refractivity contribution in [3.05, 3.63) is 29.8 Å². The van der Waals surface area contributed by atoms with Crippen LogP contribution in [0, 0.1) is 23.5 Å². The number of likely N-dealkylation sites (tertiary alicyclic amines) is 1. The van der Waals surface area contributed by atoms with E-state index in [4.69, 9.17) is 4.74 Å². The average molecular weight is 357 g/mol. The number of halogens is 2. The fraction of sp³-hybridized carbons (Fsp3) is 0.667. The molecule has 4 atom stereocenters. The standard InChI is InChI=1S/C18H25F2NO2S/c1-2-24-6-5-21-10-12-7-16(22)18(8-13(12)11-21)23-17-4-3-14(19)9-15(17)20/h3-4,9,12-13,16,18,22H,2,5-8,10-11H2,1H3/t12-,13+,16+,18+/m0/s1. The molecule has 24 heavy (non-hydrogen) atoms. The first-order chi connectivity index (χ1) is 11.6. The second kappa shape index (κ2) is 8.02. The molecule has 1 saturated carbocycles. The number of thioether (sulfide) groups is 1. The molecule has 0 radical (unpaired) electrons. The molecule has 2 aliphatic rings. The Balaban J connectivity index is 1.58. The zero-order chi connectivity index (χ0) is 17.1. The van der Waals surface area contributed by atoms with Crippen LogP contribution in [0.25, 0.3) is 0 Å².